The zero-order chi connectivity index (χ0) is 25.5. The van der Waals surface area contributed by atoms with E-state index in [2.05, 4.69) is 54.4 Å². The summed E-state index contributed by atoms with van der Waals surface area (Å²) in [6.45, 7) is 6.71. The van der Waals surface area contributed by atoms with Crippen molar-refractivity contribution in [3.8, 4) is 0 Å². The number of anilines is 2. The Hall–Kier alpha value is -2.76. The lowest BCUT2D eigenvalue weighted by Crippen LogP contribution is -2.46. The molecule has 0 saturated carbocycles. The molecule has 11 heteroatoms. The van der Waals surface area contributed by atoms with Gasteiger partial charge in [-0.2, -0.15) is 4.98 Å². The summed E-state index contributed by atoms with van der Waals surface area (Å²) in [7, 11) is 7.71. The third-order valence-corrected chi connectivity index (χ3v) is 6.99. The van der Waals surface area contributed by atoms with Crippen LogP contribution in [0.1, 0.15) is 31.8 Å². The van der Waals surface area contributed by atoms with Crippen LogP contribution in [-0.2, 0) is 15.7 Å². The fraction of sp³-hybridized carbons (Fsp3) is 0.500. The first kappa shape index (κ1) is 25.3. The van der Waals surface area contributed by atoms with E-state index in [9.17, 15) is 0 Å². The van der Waals surface area contributed by atoms with Gasteiger partial charge in [0.2, 0.25) is 5.95 Å². The summed E-state index contributed by atoms with van der Waals surface area (Å²) in [5, 5.41) is 0. The number of likely N-dealkylation sites (N-methyl/N-ethyl adjacent to an activating group) is 2. The zero-order valence-corrected chi connectivity index (χ0v) is 22.8. The second-order valence-corrected chi connectivity index (χ2v) is 10.9. The van der Waals surface area contributed by atoms with Crippen molar-refractivity contribution in [2.24, 2.45) is 11.5 Å². The zero-order valence-electron chi connectivity index (χ0n) is 21.2. The van der Waals surface area contributed by atoms with Gasteiger partial charge in [-0.1, -0.05) is 13.8 Å². The molecule has 35 heavy (non-hydrogen) atoms. The van der Waals surface area contributed by atoms with Gasteiger partial charge in [0, 0.05) is 50.3 Å². The molecule has 10 nitrogen and oxygen atoms in total. The lowest BCUT2D eigenvalue weighted by molar-refractivity contribution is 0.205. The highest BCUT2D eigenvalue weighted by atomic mass is 79.9. The number of nitrogens with two attached hydrogens (primary N) is 2. The molecule has 0 bridgehead atoms. The first-order chi connectivity index (χ1) is 16.5. The predicted molar refractivity (Wildman–Crippen MR) is 140 cm³/mol. The summed E-state index contributed by atoms with van der Waals surface area (Å²) in [5.41, 5.74) is 15.7. The molecule has 0 fully saturated rings. The molecule has 3 heterocycles. The van der Waals surface area contributed by atoms with Gasteiger partial charge in [-0.25, -0.2) is 15.0 Å². The maximum atomic E-state index is 6.92. The van der Waals surface area contributed by atoms with Crippen LogP contribution in [0.3, 0.4) is 0 Å². The maximum absolute atomic E-state index is 6.92. The van der Waals surface area contributed by atoms with Crippen molar-refractivity contribution >= 4 is 27.6 Å². The van der Waals surface area contributed by atoms with Gasteiger partial charge in [0.05, 0.1) is 24.2 Å². The Labute approximate surface area is 215 Å². The van der Waals surface area contributed by atoms with Crippen molar-refractivity contribution in [3.05, 3.63) is 57.8 Å². The highest BCUT2D eigenvalue weighted by Gasteiger charge is 2.43. The number of aromatic nitrogens is 4. The number of hydrogen-bond donors (Lipinski definition) is 2. The molecular formula is C24H34BrN9O. The van der Waals surface area contributed by atoms with E-state index in [0.29, 0.717) is 36.2 Å². The maximum Gasteiger partial charge on any atom is 0.233 e. The molecule has 2 aliphatic rings. The second-order valence-electron chi connectivity index (χ2n) is 10.1. The SMILES string of the molecule is COC1=CC(N(C)CCN(C)C)=C(N)CC1(N)c1ncnc(N2CC(C)(C)c3nc(Br)ccc32)n1. The number of hydrogen-bond acceptors (Lipinski definition) is 10. The summed E-state index contributed by atoms with van der Waals surface area (Å²) in [5.74, 6) is 1.48. The molecule has 0 saturated heterocycles. The van der Waals surface area contributed by atoms with E-state index < -0.39 is 5.54 Å². The highest BCUT2D eigenvalue weighted by Crippen LogP contribution is 2.43. The Balaban J connectivity index is 1.68. The van der Waals surface area contributed by atoms with Crippen molar-refractivity contribution in [2.75, 3.05) is 52.8 Å². The van der Waals surface area contributed by atoms with Gasteiger partial charge < -0.3 is 30.9 Å². The minimum Gasteiger partial charge on any atom is -0.499 e. The number of methoxy groups -OCH3 is 1. The summed E-state index contributed by atoms with van der Waals surface area (Å²) >= 11 is 3.49. The van der Waals surface area contributed by atoms with Crippen LogP contribution in [-0.4, -0.2) is 77.6 Å². The topological polar surface area (TPSA) is 123 Å². The summed E-state index contributed by atoms with van der Waals surface area (Å²) < 4.78 is 6.56. The third-order valence-electron chi connectivity index (χ3n) is 6.54. The summed E-state index contributed by atoms with van der Waals surface area (Å²) in [6.07, 6.45) is 3.72. The molecule has 0 amide bonds. The first-order valence-electron chi connectivity index (χ1n) is 11.5. The van der Waals surface area contributed by atoms with E-state index in [-0.39, 0.29) is 5.41 Å². The van der Waals surface area contributed by atoms with Crippen LogP contribution in [0, 0.1) is 0 Å². The van der Waals surface area contributed by atoms with Crippen LogP contribution in [0.4, 0.5) is 11.6 Å². The van der Waals surface area contributed by atoms with Crippen molar-refractivity contribution < 1.29 is 4.74 Å². The van der Waals surface area contributed by atoms with Crippen molar-refractivity contribution in [1.29, 1.82) is 0 Å². The number of ether oxygens (including phenoxy) is 1. The quantitative estimate of drug-likeness (QED) is 0.502. The van der Waals surface area contributed by atoms with E-state index >= 15 is 0 Å². The van der Waals surface area contributed by atoms with Gasteiger partial charge in [-0.15, -0.1) is 0 Å². The summed E-state index contributed by atoms with van der Waals surface area (Å²) in [4.78, 5) is 24.8. The standard InChI is InChI=1S/C24H34BrN9O/c1-23(2)13-34(16-7-8-19(25)30-20(16)23)22-29-14-28-21(31-22)24(27)12-15(26)17(11-18(24)35-6)33(5)10-9-32(3)4/h7-8,11,14H,9-10,12-13,26-27H2,1-6H3. The monoisotopic (exact) mass is 543 g/mol. The predicted octanol–water partition coefficient (Wildman–Crippen LogP) is 2.21. The molecule has 1 aliphatic heterocycles. The van der Waals surface area contributed by atoms with E-state index in [1.165, 1.54) is 6.33 Å². The van der Waals surface area contributed by atoms with Gasteiger partial charge >= 0.3 is 0 Å². The minimum atomic E-state index is -1.11. The Kier molecular flexibility index (Phi) is 6.78. The van der Waals surface area contributed by atoms with Crippen LogP contribution in [0.15, 0.2) is 46.3 Å². The Morgan fingerprint density at radius 3 is 2.57 bits per heavy atom. The average molecular weight is 545 g/mol. The fourth-order valence-corrected chi connectivity index (χ4v) is 4.90. The Bertz CT molecular complexity index is 1180. The smallest absolute Gasteiger partial charge is 0.233 e. The number of halogens is 1. The molecule has 188 valence electrons. The first-order valence-corrected chi connectivity index (χ1v) is 12.3. The molecule has 1 atom stereocenters. The number of rotatable bonds is 7. The average Bonchev–Trinajstić information content (AvgIpc) is 3.07. The summed E-state index contributed by atoms with van der Waals surface area (Å²) in [6, 6.07) is 3.95. The molecule has 1 aliphatic carbocycles. The van der Waals surface area contributed by atoms with Gasteiger partial charge in [-0.3, -0.25) is 0 Å². The van der Waals surface area contributed by atoms with Crippen LogP contribution >= 0.6 is 15.9 Å². The van der Waals surface area contributed by atoms with E-state index in [4.69, 9.17) is 26.2 Å². The van der Waals surface area contributed by atoms with Crippen molar-refractivity contribution in [3.63, 3.8) is 0 Å². The largest absolute Gasteiger partial charge is 0.499 e. The van der Waals surface area contributed by atoms with Crippen LogP contribution in [0.25, 0.3) is 0 Å². The molecular weight excluding hydrogens is 510 g/mol. The van der Waals surface area contributed by atoms with Crippen LogP contribution in [0.2, 0.25) is 0 Å². The molecule has 4 N–H and O–H groups in total. The molecule has 2 aromatic heterocycles. The van der Waals surface area contributed by atoms with Crippen molar-refractivity contribution in [2.45, 2.75) is 31.2 Å². The molecule has 1 unspecified atom stereocenters. The normalized spacial score (nSPS) is 21.3. The Morgan fingerprint density at radius 1 is 1.14 bits per heavy atom. The second kappa shape index (κ2) is 9.36. The number of nitrogens with zero attached hydrogens (tertiary/aromatic N) is 7. The third kappa shape index (κ3) is 4.72. The molecule has 0 spiro atoms. The van der Waals surface area contributed by atoms with E-state index in [1.807, 2.05) is 39.4 Å². The molecule has 0 radical (unpaired) electrons. The van der Waals surface area contributed by atoms with Crippen LogP contribution < -0.4 is 16.4 Å². The fourth-order valence-electron chi connectivity index (χ4n) is 4.59. The van der Waals surface area contributed by atoms with Gasteiger partial charge in [0.15, 0.2) is 5.82 Å². The van der Waals surface area contributed by atoms with Gasteiger partial charge in [-0.05, 0) is 42.2 Å². The van der Waals surface area contributed by atoms with Crippen molar-refractivity contribution in [1.82, 2.24) is 29.7 Å². The van der Waals surface area contributed by atoms with Gasteiger partial charge in [0.1, 0.15) is 22.2 Å². The lowest BCUT2D eigenvalue weighted by atomic mass is 9.86. The van der Waals surface area contributed by atoms with E-state index in [0.717, 1.165) is 34.8 Å². The Morgan fingerprint density at radius 2 is 1.89 bits per heavy atom. The molecule has 2 aromatic rings. The molecule has 4 rings (SSSR count). The number of allylic oxidation sites excluding steroid dienone is 1. The number of pyridine rings is 1. The lowest BCUT2D eigenvalue weighted by Gasteiger charge is -2.36. The minimum absolute atomic E-state index is 0.173. The molecule has 0 aromatic carbocycles. The van der Waals surface area contributed by atoms with Crippen LogP contribution in [0.5, 0.6) is 0 Å². The highest BCUT2D eigenvalue weighted by molar-refractivity contribution is 9.10. The van der Waals surface area contributed by atoms with E-state index in [1.54, 1.807) is 7.11 Å². The number of fused-ring (bicyclic) bond motifs is 1. The van der Waals surface area contributed by atoms with Gasteiger partial charge in [0.25, 0.3) is 0 Å².